The topological polar surface area (TPSA) is 99.6 Å². The van der Waals surface area contributed by atoms with Crippen molar-refractivity contribution in [3.8, 4) is 17.0 Å². The average Bonchev–Trinajstić information content (AvgIpc) is 2.94. The smallest absolute Gasteiger partial charge is 0.232 e. The summed E-state index contributed by atoms with van der Waals surface area (Å²) in [6, 6.07) is 13.5. The summed E-state index contributed by atoms with van der Waals surface area (Å²) in [6.45, 7) is 0. The number of benzene rings is 2. The Morgan fingerprint density at radius 1 is 1.12 bits per heavy atom. The van der Waals surface area contributed by atoms with Crippen molar-refractivity contribution in [2.24, 2.45) is 16.0 Å². The van der Waals surface area contributed by atoms with Crippen molar-refractivity contribution in [3.05, 3.63) is 47.5 Å². The summed E-state index contributed by atoms with van der Waals surface area (Å²) in [5.41, 5.74) is 8.61. The maximum Gasteiger partial charge on any atom is 0.232 e. The van der Waals surface area contributed by atoms with Crippen LogP contribution in [-0.4, -0.2) is 18.1 Å². The third-order valence-electron chi connectivity index (χ3n) is 4.13. The maximum absolute atomic E-state index is 7.33. The molecule has 0 atom stereocenters. The summed E-state index contributed by atoms with van der Waals surface area (Å²) in [7, 11) is 1.59. The second kappa shape index (κ2) is 5.75. The number of fused-ring (bicyclic) bond motifs is 5. The van der Waals surface area contributed by atoms with Crippen molar-refractivity contribution >= 4 is 44.9 Å². The van der Waals surface area contributed by atoms with Gasteiger partial charge in [0.15, 0.2) is 0 Å². The minimum Gasteiger partial charge on any atom is -0.482 e. The van der Waals surface area contributed by atoms with E-state index in [0.29, 0.717) is 16.6 Å². The number of hydrogen-bond acceptors (Lipinski definition) is 3. The number of rotatable bonds is 2. The zero-order valence-electron chi connectivity index (χ0n) is 13.3. The third-order valence-corrected chi connectivity index (χ3v) is 4.36. The molecule has 0 aromatic heterocycles. The molecule has 7 heteroatoms. The van der Waals surface area contributed by atoms with E-state index in [1.807, 2.05) is 42.5 Å². The molecule has 2 aromatic carbocycles. The van der Waals surface area contributed by atoms with Gasteiger partial charge in [-0.05, 0) is 23.6 Å². The molecule has 1 aliphatic heterocycles. The van der Waals surface area contributed by atoms with Gasteiger partial charge in [-0.15, -0.1) is 10.2 Å². The van der Waals surface area contributed by atoms with Gasteiger partial charge in [-0.25, -0.2) is 0 Å². The molecule has 2 aliphatic rings. The van der Waals surface area contributed by atoms with Crippen LogP contribution in [0.4, 0.5) is 5.69 Å². The normalized spacial score (nSPS) is 11.8. The summed E-state index contributed by atoms with van der Waals surface area (Å²) in [6.07, 6.45) is 0. The number of ether oxygens (including phenoxy) is 1. The number of pyridine rings is 1. The Kier molecular flexibility index (Phi) is 3.54. The summed E-state index contributed by atoms with van der Waals surface area (Å²) in [4.78, 5) is 3.27. The molecule has 0 amide bonds. The number of hydrogen-bond donors (Lipinski definition) is 3. The summed E-state index contributed by atoms with van der Waals surface area (Å²) >= 11 is 6.22. The van der Waals surface area contributed by atoms with Gasteiger partial charge in [0.05, 0.1) is 12.7 Å². The molecule has 0 bridgehead atoms. The van der Waals surface area contributed by atoms with Crippen LogP contribution in [0.3, 0.4) is 0 Å². The Bertz CT molecular complexity index is 1130. The number of aromatic nitrogens is 1. The molecule has 4 N–H and O–H groups in total. The van der Waals surface area contributed by atoms with Crippen LogP contribution in [0.5, 0.6) is 5.88 Å². The number of nitrogens with zero attached hydrogens (tertiary/aromatic N) is 2. The van der Waals surface area contributed by atoms with Crippen LogP contribution >= 0.6 is 11.6 Å². The van der Waals surface area contributed by atoms with Gasteiger partial charge in [0.25, 0.3) is 0 Å². The molecule has 2 aromatic rings. The van der Waals surface area contributed by atoms with Gasteiger partial charge in [0, 0.05) is 26.9 Å². The zero-order valence-corrected chi connectivity index (χ0v) is 14.1. The Labute approximate surface area is 148 Å². The van der Waals surface area contributed by atoms with Gasteiger partial charge in [0.1, 0.15) is 5.69 Å². The van der Waals surface area contributed by atoms with E-state index in [4.69, 9.17) is 27.5 Å². The van der Waals surface area contributed by atoms with Crippen LogP contribution in [0.15, 0.2) is 52.7 Å². The lowest BCUT2D eigenvalue weighted by Crippen LogP contribution is -2.03. The summed E-state index contributed by atoms with van der Waals surface area (Å²) in [5, 5.41) is 18.8. The van der Waals surface area contributed by atoms with Crippen LogP contribution < -0.4 is 10.5 Å². The Balaban J connectivity index is 2.24. The summed E-state index contributed by atoms with van der Waals surface area (Å²) in [5.74, 6) is 0.212. The first-order chi connectivity index (χ1) is 12.1. The monoisotopic (exact) mass is 351 g/mol. The lowest BCUT2D eigenvalue weighted by Gasteiger charge is -2.13. The first-order valence-electron chi connectivity index (χ1n) is 7.55. The van der Waals surface area contributed by atoms with Gasteiger partial charge >= 0.3 is 0 Å². The Morgan fingerprint density at radius 3 is 2.60 bits per heavy atom. The highest BCUT2D eigenvalue weighted by atomic mass is 35.5. The van der Waals surface area contributed by atoms with Crippen molar-refractivity contribution in [2.45, 2.75) is 0 Å². The standard InChI is InChI=1S/C18H14ClN5O/c1-25-17-15-14(12-8-9(19)6-7-13(12)22-17)10-4-2-3-5-11(10)16(15)23-24-18(20)21/h2-8,22H,1H3,(H3,20,21). The number of halogens is 1. The maximum atomic E-state index is 7.33. The van der Waals surface area contributed by atoms with Crippen molar-refractivity contribution in [2.75, 3.05) is 7.11 Å². The quantitative estimate of drug-likeness (QED) is 0.267. The minimum atomic E-state index is -0.356. The molecule has 0 saturated carbocycles. The lowest BCUT2D eigenvalue weighted by atomic mass is 10.0. The molecule has 0 saturated heterocycles. The number of nitrogens with two attached hydrogens (primary N) is 1. The number of H-pyrrole nitrogens is 1. The first kappa shape index (κ1) is 15.4. The van der Waals surface area contributed by atoms with Gasteiger partial charge in [-0.3, -0.25) is 5.41 Å². The fourth-order valence-electron chi connectivity index (χ4n) is 3.17. The molecule has 0 radical (unpaired) electrons. The molecular weight excluding hydrogens is 338 g/mol. The molecule has 25 heavy (non-hydrogen) atoms. The molecule has 124 valence electrons. The highest BCUT2D eigenvalue weighted by molar-refractivity contribution is 6.32. The predicted octanol–water partition coefficient (Wildman–Crippen LogP) is 5.07. The van der Waals surface area contributed by atoms with E-state index in [1.54, 1.807) is 7.11 Å². The Morgan fingerprint density at radius 2 is 1.88 bits per heavy atom. The highest BCUT2D eigenvalue weighted by Gasteiger charge is 2.25. The van der Waals surface area contributed by atoms with Gasteiger partial charge < -0.3 is 15.5 Å². The fourth-order valence-corrected chi connectivity index (χ4v) is 3.35. The number of guanidine groups is 1. The Hall–Kier alpha value is -3.12. The number of methoxy groups -OCH3 is 1. The molecular formula is C18H14ClN5O. The largest absolute Gasteiger partial charge is 0.482 e. The van der Waals surface area contributed by atoms with Crippen molar-refractivity contribution in [3.63, 3.8) is 0 Å². The average molecular weight is 352 g/mol. The van der Waals surface area contributed by atoms with E-state index >= 15 is 0 Å². The molecule has 4 rings (SSSR count). The SMILES string of the molecule is COc1[nH]c2ccc(Cl)cc2c2c3ccccc3c(N=NC(=N)N)c1-2. The molecule has 0 unspecified atom stereocenters. The van der Waals surface area contributed by atoms with E-state index < -0.39 is 0 Å². The molecule has 6 nitrogen and oxygen atoms in total. The van der Waals surface area contributed by atoms with E-state index in [-0.39, 0.29) is 5.96 Å². The minimum absolute atomic E-state index is 0.356. The van der Waals surface area contributed by atoms with Crippen LogP contribution in [0, 0.1) is 5.41 Å². The van der Waals surface area contributed by atoms with Gasteiger partial charge in [0.2, 0.25) is 11.8 Å². The second-order valence-corrected chi connectivity index (χ2v) is 6.01. The lowest BCUT2D eigenvalue weighted by molar-refractivity contribution is 0.401. The zero-order chi connectivity index (χ0) is 17.6. The van der Waals surface area contributed by atoms with E-state index in [0.717, 1.165) is 32.8 Å². The second-order valence-electron chi connectivity index (χ2n) is 5.58. The molecule has 0 spiro atoms. The van der Waals surface area contributed by atoms with E-state index in [2.05, 4.69) is 15.2 Å². The van der Waals surface area contributed by atoms with Crippen LogP contribution in [0.2, 0.25) is 5.02 Å². The first-order valence-corrected chi connectivity index (χ1v) is 7.93. The fraction of sp³-hybridized carbons (Fsp3) is 0.0556. The summed E-state index contributed by atoms with van der Waals surface area (Å²) < 4.78 is 5.57. The van der Waals surface area contributed by atoms with E-state index in [1.165, 1.54) is 0 Å². The molecule has 1 heterocycles. The number of aromatic amines is 1. The van der Waals surface area contributed by atoms with Crippen molar-refractivity contribution in [1.29, 1.82) is 5.41 Å². The predicted molar refractivity (Wildman–Crippen MR) is 100 cm³/mol. The van der Waals surface area contributed by atoms with Crippen molar-refractivity contribution in [1.82, 2.24) is 4.98 Å². The van der Waals surface area contributed by atoms with Crippen LogP contribution in [0.25, 0.3) is 32.8 Å². The van der Waals surface area contributed by atoms with Crippen LogP contribution in [0.1, 0.15) is 0 Å². The number of nitrogens with one attached hydrogen (secondary N) is 2. The van der Waals surface area contributed by atoms with Crippen LogP contribution in [-0.2, 0) is 0 Å². The van der Waals surface area contributed by atoms with Gasteiger partial charge in [-0.1, -0.05) is 35.9 Å². The third kappa shape index (κ3) is 2.38. The highest BCUT2D eigenvalue weighted by Crippen LogP contribution is 2.51. The number of azo groups is 1. The van der Waals surface area contributed by atoms with Gasteiger partial charge in [-0.2, -0.15) is 0 Å². The van der Waals surface area contributed by atoms with Crippen molar-refractivity contribution < 1.29 is 4.74 Å². The van der Waals surface area contributed by atoms with E-state index in [9.17, 15) is 0 Å². The molecule has 1 aliphatic carbocycles. The molecule has 0 fully saturated rings.